The third kappa shape index (κ3) is 64.2. The summed E-state index contributed by atoms with van der Waals surface area (Å²) in [5, 5.41) is 0. The number of unbranched alkanes of at least 4 members (excludes halogenated alkanes) is 45. The normalized spacial score (nSPS) is 12.3. The Bertz CT molecular complexity index is 1350. The summed E-state index contributed by atoms with van der Waals surface area (Å²) in [5.74, 6) is -0.839. The SMILES string of the molecule is CC/C=C\C/C=C\C/C=C\C/C=C\CCCCCCCCCCCCCCCCC(=O)OCC(COC(=O)CCCCCCCCCCCCCC)OC(=O)CCCCCCCCCCCCCCCCCCCCCCC. The van der Waals surface area contributed by atoms with Crippen molar-refractivity contribution in [1.82, 2.24) is 0 Å². The van der Waals surface area contributed by atoms with Crippen LogP contribution in [0.4, 0.5) is 0 Å². The van der Waals surface area contributed by atoms with Crippen molar-refractivity contribution >= 4 is 17.9 Å². The van der Waals surface area contributed by atoms with Crippen molar-refractivity contribution in [1.29, 1.82) is 0 Å². The van der Waals surface area contributed by atoms with Gasteiger partial charge in [0.15, 0.2) is 6.10 Å². The molecule has 6 nitrogen and oxygen atoms in total. The molecule has 0 bridgehead atoms. The maximum Gasteiger partial charge on any atom is 0.306 e. The van der Waals surface area contributed by atoms with Crippen LogP contribution >= 0.6 is 0 Å². The highest BCUT2D eigenvalue weighted by molar-refractivity contribution is 5.71. The predicted octanol–water partition coefficient (Wildman–Crippen LogP) is 23.7. The second-order valence-electron chi connectivity index (χ2n) is 23.4. The van der Waals surface area contributed by atoms with E-state index >= 15 is 0 Å². The van der Waals surface area contributed by atoms with Gasteiger partial charge in [-0.05, 0) is 57.8 Å². The molecule has 0 radical (unpaired) electrons. The standard InChI is InChI=1S/C72H132O6/c1-4-7-10-13-16-19-22-25-27-29-31-33-34-35-36-37-38-40-41-43-45-47-50-53-56-59-62-65-71(74)77-68-69(67-76-70(73)64-61-58-55-52-49-24-21-18-15-12-9-6-3)78-72(75)66-63-60-57-54-51-48-46-44-42-39-32-30-28-26-23-20-17-14-11-8-5-2/h7,10,16,19,25,27,31,33,69H,4-6,8-9,11-15,17-18,20-24,26,28-30,32,34-68H2,1-3H3/b10-7-,19-16-,27-25-,33-31-. The molecule has 0 aliphatic carbocycles. The van der Waals surface area contributed by atoms with E-state index in [9.17, 15) is 14.4 Å². The monoisotopic (exact) mass is 1090 g/mol. The fourth-order valence-electron chi connectivity index (χ4n) is 10.4. The van der Waals surface area contributed by atoms with Gasteiger partial charge < -0.3 is 14.2 Å². The van der Waals surface area contributed by atoms with Crippen LogP contribution in [-0.4, -0.2) is 37.2 Å². The molecule has 1 unspecified atom stereocenters. The van der Waals surface area contributed by atoms with Gasteiger partial charge in [-0.1, -0.05) is 345 Å². The highest BCUT2D eigenvalue weighted by Gasteiger charge is 2.19. The molecule has 1 atom stereocenters. The van der Waals surface area contributed by atoms with Crippen LogP contribution in [0.5, 0.6) is 0 Å². The van der Waals surface area contributed by atoms with Crippen molar-refractivity contribution < 1.29 is 28.6 Å². The fourth-order valence-corrected chi connectivity index (χ4v) is 10.4. The zero-order chi connectivity index (χ0) is 56.4. The molecule has 0 aliphatic heterocycles. The number of carbonyl (C=O) groups excluding carboxylic acids is 3. The summed E-state index contributed by atoms with van der Waals surface area (Å²) in [6.45, 7) is 6.59. The number of hydrogen-bond acceptors (Lipinski definition) is 6. The molecule has 0 fully saturated rings. The summed E-state index contributed by atoms with van der Waals surface area (Å²) in [5.41, 5.74) is 0. The van der Waals surface area contributed by atoms with Crippen molar-refractivity contribution in [3.63, 3.8) is 0 Å². The molecular weight excluding hydrogens is 961 g/mol. The van der Waals surface area contributed by atoms with E-state index in [4.69, 9.17) is 14.2 Å². The van der Waals surface area contributed by atoms with Gasteiger partial charge in [0.05, 0.1) is 0 Å². The van der Waals surface area contributed by atoms with Crippen LogP contribution in [0, 0.1) is 0 Å². The van der Waals surface area contributed by atoms with Crippen molar-refractivity contribution in [2.24, 2.45) is 0 Å². The van der Waals surface area contributed by atoms with E-state index < -0.39 is 6.10 Å². The van der Waals surface area contributed by atoms with Crippen LogP contribution in [0.2, 0.25) is 0 Å². The van der Waals surface area contributed by atoms with Gasteiger partial charge in [-0.15, -0.1) is 0 Å². The van der Waals surface area contributed by atoms with Crippen LogP contribution in [-0.2, 0) is 28.6 Å². The Balaban J connectivity index is 4.20. The molecular formula is C72H132O6. The first-order valence-corrected chi connectivity index (χ1v) is 34.6. The lowest BCUT2D eigenvalue weighted by Gasteiger charge is -2.18. The first-order chi connectivity index (χ1) is 38.5. The molecule has 78 heavy (non-hydrogen) atoms. The Kier molecular flexibility index (Phi) is 64.6. The molecule has 0 aliphatic rings. The van der Waals surface area contributed by atoms with Crippen LogP contribution < -0.4 is 0 Å². The molecule has 0 rings (SSSR count). The lowest BCUT2D eigenvalue weighted by molar-refractivity contribution is -0.167. The topological polar surface area (TPSA) is 78.9 Å². The third-order valence-corrected chi connectivity index (χ3v) is 15.6. The molecule has 0 spiro atoms. The molecule has 456 valence electrons. The van der Waals surface area contributed by atoms with E-state index in [0.29, 0.717) is 19.3 Å². The van der Waals surface area contributed by atoms with Gasteiger partial charge >= 0.3 is 17.9 Å². The van der Waals surface area contributed by atoms with E-state index in [1.807, 2.05) is 0 Å². The molecule has 6 heteroatoms. The summed E-state index contributed by atoms with van der Waals surface area (Å²) < 4.78 is 17.0. The number of allylic oxidation sites excluding steroid dienone is 8. The van der Waals surface area contributed by atoms with Gasteiger partial charge in [-0.3, -0.25) is 14.4 Å². The Morgan fingerprint density at radius 1 is 0.269 bits per heavy atom. The predicted molar refractivity (Wildman–Crippen MR) is 339 cm³/mol. The number of esters is 3. The number of hydrogen-bond donors (Lipinski definition) is 0. The molecule has 0 aromatic carbocycles. The Hall–Kier alpha value is -2.63. The fraction of sp³-hybridized carbons (Fsp3) is 0.847. The van der Waals surface area contributed by atoms with E-state index in [1.165, 1.54) is 250 Å². The minimum atomic E-state index is -0.769. The van der Waals surface area contributed by atoms with Crippen LogP contribution in [0.15, 0.2) is 48.6 Å². The van der Waals surface area contributed by atoms with E-state index in [1.54, 1.807) is 0 Å². The Morgan fingerprint density at radius 3 is 0.782 bits per heavy atom. The molecule has 0 saturated carbocycles. The van der Waals surface area contributed by atoms with E-state index in [2.05, 4.69) is 69.4 Å². The summed E-state index contributed by atoms with van der Waals surface area (Å²) in [7, 11) is 0. The number of ether oxygens (including phenoxy) is 3. The quantitative estimate of drug-likeness (QED) is 0.0261. The average molecular weight is 1090 g/mol. The minimum Gasteiger partial charge on any atom is -0.462 e. The van der Waals surface area contributed by atoms with Crippen LogP contribution in [0.25, 0.3) is 0 Å². The highest BCUT2D eigenvalue weighted by Crippen LogP contribution is 2.18. The average Bonchev–Trinajstić information content (AvgIpc) is 3.44. The molecule has 0 aromatic rings. The summed E-state index contributed by atoms with van der Waals surface area (Å²) in [4.78, 5) is 38.4. The van der Waals surface area contributed by atoms with Crippen LogP contribution in [0.1, 0.15) is 374 Å². The zero-order valence-electron chi connectivity index (χ0n) is 52.5. The van der Waals surface area contributed by atoms with Gasteiger partial charge in [0.1, 0.15) is 13.2 Å². The maximum atomic E-state index is 12.9. The molecule has 0 heterocycles. The molecule has 0 amide bonds. The summed E-state index contributed by atoms with van der Waals surface area (Å²) in [6, 6.07) is 0. The lowest BCUT2D eigenvalue weighted by Crippen LogP contribution is -2.30. The smallest absolute Gasteiger partial charge is 0.306 e. The van der Waals surface area contributed by atoms with Crippen LogP contribution in [0.3, 0.4) is 0 Å². The highest BCUT2D eigenvalue weighted by atomic mass is 16.6. The van der Waals surface area contributed by atoms with E-state index in [0.717, 1.165) is 83.5 Å². The van der Waals surface area contributed by atoms with Gasteiger partial charge in [0.2, 0.25) is 0 Å². The largest absolute Gasteiger partial charge is 0.462 e. The summed E-state index contributed by atoms with van der Waals surface area (Å²) >= 11 is 0. The maximum absolute atomic E-state index is 12.9. The van der Waals surface area contributed by atoms with Crippen molar-refractivity contribution in [2.75, 3.05) is 13.2 Å². The second kappa shape index (κ2) is 66.9. The van der Waals surface area contributed by atoms with Crippen molar-refractivity contribution in [3.8, 4) is 0 Å². The van der Waals surface area contributed by atoms with E-state index in [-0.39, 0.29) is 31.1 Å². The van der Waals surface area contributed by atoms with Crippen molar-refractivity contribution in [3.05, 3.63) is 48.6 Å². The molecule has 0 aromatic heterocycles. The molecule has 0 saturated heterocycles. The van der Waals surface area contributed by atoms with Gasteiger partial charge in [-0.25, -0.2) is 0 Å². The number of rotatable bonds is 64. The lowest BCUT2D eigenvalue weighted by atomic mass is 10.0. The van der Waals surface area contributed by atoms with Gasteiger partial charge in [0, 0.05) is 19.3 Å². The van der Waals surface area contributed by atoms with Gasteiger partial charge in [-0.2, -0.15) is 0 Å². The van der Waals surface area contributed by atoms with Crippen molar-refractivity contribution in [2.45, 2.75) is 380 Å². The Morgan fingerprint density at radius 2 is 0.500 bits per heavy atom. The molecule has 0 N–H and O–H groups in total. The summed E-state index contributed by atoms with van der Waals surface area (Å²) in [6.07, 6.45) is 84.2. The second-order valence-corrected chi connectivity index (χ2v) is 23.4. The Labute approximate surface area is 486 Å². The minimum absolute atomic E-state index is 0.0663. The number of carbonyl (C=O) groups is 3. The third-order valence-electron chi connectivity index (χ3n) is 15.6. The first kappa shape index (κ1) is 75.4. The zero-order valence-corrected chi connectivity index (χ0v) is 52.5. The first-order valence-electron chi connectivity index (χ1n) is 34.6. The van der Waals surface area contributed by atoms with Gasteiger partial charge in [0.25, 0.3) is 0 Å².